The zero-order valence-electron chi connectivity index (χ0n) is 22.3. The van der Waals surface area contributed by atoms with Crippen molar-refractivity contribution in [2.75, 3.05) is 37.6 Å². The Labute approximate surface area is 206 Å². The maximum atomic E-state index is 12.3. The van der Waals surface area contributed by atoms with Gasteiger partial charge in [-0.05, 0) is 99.8 Å². The first-order chi connectivity index (χ1) is 15.9. The monoisotopic (exact) mass is 464 g/mol. The predicted molar refractivity (Wildman–Crippen MR) is 139 cm³/mol. The SMILES string of the molecule is CC1(C)CCC(C23CC(C)(C2)C3)=C(CN2CCN(c3ccc(C(=O)OC(C)(C)C)cc3)CC2)C1. The largest absolute Gasteiger partial charge is 0.456 e. The van der Waals surface area contributed by atoms with Gasteiger partial charge in [-0.3, -0.25) is 4.90 Å². The number of rotatable bonds is 5. The molecule has 2 bridgehead atoms. The molecule has 1 heterocycles. The third-order valence-corrected chi connectivity index (χ3v) is 8.76. The quantitative estimate of drug-likeness (QED) is 0.370. The van der Waals surface area contributed by atoms with Crippen LogP contribution in [0.15, 0.2) is 35.4 Å². The first-order valence-electron chi connectivity index (χ1n) is 13.4. The molecule has 0 unspecified atom stereocenters. The number of nitrogens with zero attached hydrogens (tertiary/aromatic N) is 2. The Hall–Kier alpha value is -1.81. The van der Waals surface area contributed by atoms with E-state index in [0.717, 1.165) is 26.2 Å². The molecule has 1 aromatic rings. The number of benzene rings is 1. The molecule has 0 aromatic heterocycles. The molecule has 1 aliphatic heterocycles. The average Bonchev–Trinajstić information content (AvgIpc) is 2.70. The number of hydrogen-bond donors (Lipinski definition) is 0. The lowest BCUT2D eigenvalue weighted by molar-refractivity contribution is -0.166. The molecule has 34 heavy (non-hydrogen) atoms. The topological polar surface area (TPSA) is 32.8 Å². The van der Waals surface area contributed by atoms with Crippen LogP contribution in [0.2, 0.25) is 0 Å². The van der Waals surface area contributed by atoms with E-state index in [1.807, 2.05) is 38.5 Å². The van der Waals surface area contributed by atoms with Gasteiger partial charge >= 0.3 is 5.97 Å². The summed E-state index contributed by atoms with van der Waals surface area (Å²) in [5.74, 6) is -0.249. The minimum Gasteiger partial charge on any atom is -0.456 e. The molecule has 4 heteroatoms. The molecule has 0 radical (unpaired) electrons. The van der Waals surface area contributed by atoms with Gasteiger partial charge in [0.05, 0.1) is 5.56 Å². The lowest BCUT2D eigenvalue weighted by Crippen LogP contribution is -2.61. The first kappa shape index (κ1) is 23.9. The van der Waals surface area contributed by atoms with Gasteiger partial charge in [0.15, 0.2) is 0 Å². The van der Waals surface area contributed by atoms with Crippen molar-refractivity contribution in [3.63, 3.8) is 0 Å². The summed E-state index contributed by atoms with van der Waals surface area (Å²) < 4.78 is 5.50. The highest BCUT2D eigenvalue weighted by atomic mass is 16.6. The maximum absolute atomic E-state index is 12.3. The predicted octanol–water partition coefficient (Wildman–Crippen LogP) is 6.46. The van der Waals surface area contributed by atoms with Crippen LogP contribution < -0.4 is 4.90 Å². The van der Waals surface area contributed by atoms with Gasteiger partial charge in [-0.15, -0.1) is 0 Å². The van der Waals surface area contributed by atoms with Gasteiger partial charge in [0, 0.05) is 38.4 Å². The molecule has 4 nitrogen and oxygen atoms in total. The third-order valence-electron chi connectivity index (χ3n) is 8.76. The Kier molecular flexibility index (Phi) is 5.71. The van der Waals surface area contributed by atoms with Crippen LogP contribution in [0.25, 0.3) is 0 Å². The van der Waals surface area contributed by atoms with Crippen LogP contribution in [0.3, 0.4) is 0 Å². The summed E-state index contributed by atoms with van der Waals surface area (Å²) in [7, 11) is 0. The number of anilines is 1. The molecule has 1 saturated heterocycles. The number of esters is 1. The molecule has 1 aromatic carbocycles. The fourth-order valence-electron chi connectivity index (χ4n) is 7.40. The Morgan fingerprint density at radius 1 is 0.971 bits per heavy atom. The number of piperazine rings is 1. The number of ether oxygens (including phenoxy) is 1. The zero-order chi connectivity index (χ0) is 24.4. The first-order valence-corrected chi connectivity index (χ1v) is 13.4. The van der Waals surface area contributed by atoms with Gasteiger partial charge in [-0.2, -0.15) is 0 Å². The zero-order valence-corrected chi connectivity index (χ0v) is 22.3. The van der Waals surface area contributed by atoms with Crippen molar-refractivity contribution in [2.24, 2.45) is 16.2 Å². The number of hydrogen-bond acceptors (Lipinski definition) is 4. The molecule has 0 amide bonds. The highest BCUT2D eigenvalue weighted by Gasteiger charge is 2.66. The van der Waals surface area contributed by atoms with Crippen LogP contribution in [0.4, 0.5) is 5.69 Å². The highest BCUT2D eigenvalue weighted by molar-refractivity contribution is 5.90. The van der Waals surface area contributed by atoms with Crippen molar-refractivity contribution in [3.05, 3.63) is 41.0 Å². The smallest absolute Gasteiger partial charge is 0.338 e. The molecule has 186 valence electrons. The number of carbonyl (C=O) groups is 1. The van der Waals surface area contributed by atoms with Crippen LogP contribution in [0, 0.1) is 16.2 Å². The molecule has 0 N–H and O–H groups in total. The Morgan fingerprint density at radius 3 is 2.15 bits per heavy atom. The fraction of sp³-hybridized carbons (Fsp3) is 0.700. The molecule has 0 atom stereocenters. The Bertz CT molecular complexity index is 954. The van der Waals surface area contributed by atoms with Crippen LogP contribution in [0.1, 0.15) is 90.4 Å². The van der Waals surface area contributed by atoms with E-state index in [2.05, 4.69) is 42.7 Å². The highest BCUT2D eigenvalue weighted by Crippen LogP contribution is 2.77. The maximum Gasteiger partial charge on any atom is 0.338 e. The normalized spacial score (nSPS) is 31.1. The molecule has 0 spiro atoms. The molecular formula is C30H44N2O2. The van der Waals surface area contributed by atoms with Crippen molar-refractivity contribution in [1.29, 1.82) is 0 Å². The van der Waals surface area contributed by atoms with Crippen LogP contribution in [0.5, 0.6) is 0 Å². The lowest BCUT2D eigenvalue weighted by atomic mass is 9.33. The summed E-state index contributed by atoms with van der Waals surface area (Å²) >= 11 is 0. The average molecular weight is 465 g/mol. The summed E-state index contributed by atoms with van der Waals surface area (Å²) in [5, 5.41) is 0. The van der Waals surface area contributed by atoms with Crippen molar-refractivity contribution in [3.8, 4) is 0 Å². The lowest BCUT2D eigenvalue weighted by Gasteiger charge is -2.72. The van der Waals surface area contributed by atoms with E-state index in [4.69, 9.17) is 4.74 Å². The molecule has 3 saturated carbocycles. The second kappa shape index (κ2) is 8.11. The molecule has 6 rings (SSSR count). The number of allylic oxidation sites excluding steroid dienone is 1. The van der Waals surface area contributed by atoms with Crippen molar-refractivity contribution in [1.82, 2.24) is 4.90 Å². The van der Waals surface area contributed by atoms with E-state index in [1.54, 1.807) is 5.57 Å². The minimum atomic E-state index is -0.467. The van der Waals surface area contributed by atoms with E-state index < -0.39 is 5.60 Å². The van der Waals surface area contributed by atoms with Gasteiger partial charge in [0.25, 0.3) is 0 Å². The Balaban J connectivity index is 1.20. The van der Waals surface area contributed by atoms with E-state index in [-0.39, 0.29) is 5.97 Å². The third kappa shape index (κ3) is 4.67. The second-order valence-electron chi connectivity index (χ2n) is 13.9. The van der Waals surface area contributed by atoms with Crippen molar-refractivity contribution < 1.29 is 9.53 Å². The standard InChI is InChI=1S/C30H44N2O2/c1-27(2,3)34-26(33)22-7-9-24(10-8-22)32-15-13-31(14-16-32)18-23-17-28(4,5)12-11-25(23)30-19-29(6,20-30)21-30/h7-10H,11-21H2,1-6H3. The van der Waals surface area contributed by atoms with E-state index >= 15 is 0 Å². The van der Waals surface area contributed by atoms with Gasteiger partial charge in [0.1, 0.15) is 5.60 Å². The summed E-state index contributed by atoms with van der Waals surface area (Å²) in [6.07, 6.45) is 8.33. The Morgan fingerprint density at radius 2 is 1.59 bits per heavy atom. The fourth-order valence-corrected chi connectivity index (χ4v) is 7.40. The molecule has 5 aliphatic rings. The van der Waals surface area contributed by atoms with Gasteiger partial charge in [0.2, 0.25) is 0 Å². The molecule has 4 fully saturated rings. The van der Waals surface area contributed by atoms with Crippen LogP contribution in [-0.2, 0) is 4.74 Å². The molecular weight excluding hydrogens is 420 g/mol. The summed E-state index contributed by atoms with van der Waals surface area (Å²) in [6.45, 7) is 18.6. The second-order valence-corrected chi connectivity index (χ2v) is 13.9. The van der Waals surface area contributed by atoms with Crippen LogP contribution in [-0.4, -0.2) is 49.2 Å². The van der Waals surface area contributed by atoms with E-state index in [0.29, 0.717) is 21.8 Å². The molecule has 4 aliphatic carbocycles. The summed E-state index contributed by atoms with van der Waals surface area (Å²) in [6, 6.07) is 7.95. The van der Waals surface area contributed by atoms with E-state index in [9.17, 15) is 4.79 Å². The van der Waals surface area contributed by atoms with Crippen molar-refractivity contribution >= 4 is 11.7 Å². The summed E-state index contributed by atoms with van der Waals surface area (Å²) in [4.78, 5) is 17.5. The summed E-state index contributed by atoms with van der Waals surface area (Å²) in [5.41, 5.74) is 6.74. The minimum absolute atomic E-state index is 0.249. The van der Waals surface area contributed by atoms with Gasteiger partial charge < -0.3 is 9.64 Å². The van der Waals surface area contributed by atoms with Crippen LogP contribution >= 0.6 is 0 Å². The number of carbonyl (C=O) groups excluding carboxylic acids is 1. The van der Waals surface area contributed by atoms with E-state index in [1.165, 1.54) is 50.8 Å². The van der Waals surface area contributed by atoms with Gasteiger partial charge in [-0.25, -0.2) is 4.79 Å². The van der Waals surface area contributed by atoms with Crippen molar-refractivity contribution in [2.45, 2.75) is 85.7 Å². The van der Waals surface area contributed by atoms with Gasteiger partial charge in [-0.1, -0.05) is 31.9 Å².